The lowest BCUT2D eigenvalue weighted by molar-refractivity contribution is -0.00718. The molecule has 2 aliphatic rings. The van der Waals surface area contributed by atoms with Crippen LogP contribution in [0.4, 0.5) is 0 Å². The Balaban J connectivity index is 1.76. The van der Waals surface area contributed by atoms with E-state index in [0.29, 0.717) is 35.5 Å². The minimum absolute atomic E-state index is 0.0238. The molecule has 222 valence electrons. The Morgan fingerprint density at radius 3 is 1.52 bits per heavy atom. The summed E-state index contributed by atoms with van der Waals surface area (Å²) in [5.41, 5.74) is 2.12. The van der Waals surface area contributed by atoms with Gasteiger partial charge in [0.05, 0.1) is 12.2 Å². The van der Waals surface area contributed by atoms with Crippen molar-refractivity contribution in [2.45, 2.75) is 111 Å². The third kappa shape index (κ3) is 7.88. The Morgan fingerprint density at radius 1 is 0.675 bits per heavy atom. The van der Waals surface area contributed by atoms with Crippen LogP contribution in [0.15, 0.2) is 60.7 Å². The summed E-state index contributed by atoms with van der Waals surface area (Å²) in [5.74, 6) is 2.24. The van der Waals surface area contributed by atoms with Crippen molar-refractivity contribution in [3.63, 3.8) is 0 Å². The van der Waals surface area contributed by atoms with Gasteiger partial charge in [0.15, 0.2) is 0 Å². The number of hydrogen-bond donors (Lipinski definition) is 1. The van der Waals surface area contributed by atoms with Crippen molar-refractivity contribution >= 4 is 7.60 Å². The summed E-state index contributed by atoms with van der Waals surface area (Å²) in [4.78, 5) is 0. The fourth-order valence-electron chi connectivity index (χ4n) is 7.08. The molecule has 4 rings (SSSR count). The molecule has 0 saturated heterocycles. The Morgan fingerprint density at radius 2 is 1.10 bits per heavy atom. The van der Waals surface area contributed by atoms with Gasteiger partial charge in [-0.1, -0.05) is 115 Å². The first kappa shape index (κ1) is 31.5. The zero-order valence-corrected chi connectivity index (χ0v) is 26.9. The van der Waals surface area contributed by atoms with E-state index in [1.807, 2.05) is 24.3 Å². The number of benzene rings is 2. The predicted molar refractivity (Wildman–Crippen MR) is 167 cm³/mol. The van der Waals surface area contributed by atoms with E-state index in [4.69, 9.17) is 9.05 Å². The van der Waals surface area contributed by atoms with Crippen LogP contribution >= 0.6 is 7.60 Å². The second-order valence-corrected chi connectivity index (χ2v) is 15.6. The molecule has 1 unspecified atom stereocenters. The summed E-state index contributed by atoms with van der Waals surface area (Å²) in [5, 5.41) is 3.77. The van der Waals surface area contributed by atoms with E-state index in [-0.39, 0.29) is 18.2 Å². The molecular formula is C35H54NO3P. The molecule has 4 nitrogen and oxygen atoms in total. The molecule has 0 spiro atoms. The van der Waals surface area contributed by atoms with E-state index in [9.17, 15) is 0 Å². The molecule has 1 N–H and O–H groups in total. The summed E-state index contributed by atoms with van der Waals surface area (Å²) >= 11 is 0. The van der Waals surface area contributed by atoms with Gasteiger partial charge in [-0.15, -0.1) is 0 Å². The molecule has 2 fully saturated rings. The van der Waals surface area contributed by atoms with Gasteiger partial charge in [-0.25, -0.2) is 0 Å². The molecule has 0 heterocycles. The van der Waals surface area contributed by atoms with Gasteiger partial charge in [0.1, 0.15) is 5.78 Å². The highest BCUT2D eigenvalue weighted by molar-refractivity contribution is 7.54. The summed E-state index contributed by atoms with van der Waals surface area (Å²) in [6.45, 7) is 15.9. The Bertz CT molecular complexity index is 1040. The largest absolute Gasteiger partial charge is 0.352 e. The Labute approximate surface area is 244 Å². The third-order valence-electron chi connectivity index (χ3n) is 9.63. The molecule has 2 saturated carbocycles. The molecule has 0 radical (unpaired) electrons. The second-order valence-electron chi connectivity index (χ2n) is 13.6. The second kappa shape index (κ2) is 14.1. The smallest absolute Gasteiger partial charge is 0.304 e. The van der Waals surface area contributed by atoms with Crippen LogP contribution in [0.2, 0.25) is 0 Å². The first-order valence-electron chi connectivity index (χ1n) is 15.9. The van der Waals surface area contributed by atoms with E-state index in [1.165, 1.54) is 12.8 Å². The Kier molecular flexibility index (Phi) is 11.1. The fourth-order valence-corrected chi connectivity index (χ4v) is 9.55. The summed E-state index contributed by atoms with van der Waals surface area (Å²) in [6, 6.07) is 20.6. The van der Waals surface area contributed by atoms with Gasteiger partial charge >= 0.3 is 7.60 Å². The maximum absolute atomic E-state index is 15.7. The highest BCUT2D eigenvalue weighted by Crippen LogP contribution is 2.64. The van der Waals surface area contributed by atoms with Crippen molar-refractivity contribution in [3.05, 3.63) is 71.8 Å². The quantitative estimate of drug-likeness (QED) is 0.274. The zero-order chi connectivity index (χ0) is 28.9. The number of rotatable bonds is 11. The molecule has 2 aliphatic carbocycles. The maximum atomic E-state index is 15.7. The topological polar surface area (TPSA) is 47.6 Å². The third-order valence-corrected chi connectivity index (χ3v) is 11.8. The summed E-state index contributed by atoms with van der Waals surface area (Å²) in [7, 11) is -3.68. The predicted octanol–water partition coefficient (Wildman–Crippen LogP) is 10.2. The average Bonchev–Trinajstić information content (AvgIpc) is 2.92. The fraction of sp³-hybridized carbons (Fsp3) is 0.657. The van der Waals surface area contributed by atoms with Crippen LogP contribution in [0.25, 0.3) is 0 Å². The number of nitrogens with one attached hydrogen (secondary N) is 1. The van der Waals surface area contributed by atoms with E-state index < -0.39 is 13.4 Å². The molecule has 0 aliphatic heterocycles. The molecule has 40 heavy (non-hydrogen) atoms. The number of hydrogen-bond acceptors (Lipinski definition) is 4. The first-order chi connectivity index (χ1) is 19.1. The molecule has 0 amide bonds. The van der Waals surface area contributed by atoms with Crippen LogP contribution in [0.5, 0.6) is 0 Å². The van der Waals surface area contributed by atoms with Crippen LogP contribution in [-0.2, 0) is 13.6 Å². The van der Waals surface area contributed by atoms with Crippen molar-refractivity contribution in [1.29, 1.82) is 0 Å². The van der Waals surface area contributed by atoms with Crippen molar-refractivity contribution in [1.82, 2.24) is 5.32 Å². The summed E-state index contributed by atoms with van der Waals surface area (Å²) < 4.78 is 29.7. The lowest BCUT2D eigenvalue weighted by atomic mass is 9.75. The van der Waals surface area contributed by atoms with Crippen molar-refractivity contribution in [2.75, 3.05) is 0 Å². The van der Waals surface area contributed by atoms with Crippen LogP contribution in [-0.4, -0.2) is 12.2 Å². The van der Waals surface area contributed by atoms with Crippen LogP contribution in [0.1, 0.15) is 110 Å². The van der Waals surface area contributed by atoms with Gasteiger partial charge in [-0.2, -0.15) is 0 Å². The van der Waals surface area contributed by atoms with Crippen LogP contribution in [0.3, 0.4) is 0 Å². The standard InChI is InChI=1S/C35H54NO3P/c1-24(2)31-20-18-26(5)22-33(31)38-40(37,39-34-23-27(6)19-21-32(34)25(3)4)35(30-16-12-9-13-17-30)36-28(7)29-14-10-8-11-15-29/h8-17,24-28,31-36H,18-23H2,1-7H3/t26-,27+,28-,31-,32+,33+,34+,35-,40?/m0/s1. The van der Waals surface area contributed by atoms with Crippen LogP contribution in [0, 0.1) is 35.5 Å². The molecule has 9 atom stereocenters. The van der Waals surface area contributed by atoms with E-state index >= 15 is 4.57 Å². The molecule has 5 heteroatoms. The van der Waals surface area contributed by atoms with Crippen molar-refractivity contribution < 1.29 is 13.6 Å². The van der Waals surface area contributed by atoms with Gasteiger partial charge in [-0.05, 0) is 79.2 Å². The minimum Gasteiger partial charge on any atom is -0.304 e. The SMILES string of the molecule is CC(C)[C@H]1CC[C@@H](C)C[C@H]1OP(=O)(O[C@@H]1C[C@@H](C)CC[C@H]1C(C)C)[C@H](N[C@@H](C)c1ccccc1)c1ccccc1. The van der Waals surface area contributed by atoms with Crippen LogP contribution < -0.4 is 5.32 Å². The van der Waals surface area contributed by atoms with Crippen molar-refractivity contribution in [3.8, 4) is 0 Å². The average molecular weight is 568 g/mol. The lowest BCUT2D eigenvalue weighted by Gasteiger charge is -2.44. The zero-order valence-electron chi connectivity index (χ0n) is 26.0. The van der Waals surface area contributed by atoms with E-state index in [1.54, 1.807) is 0 Å². The summed E-state index contributed by atoms with van der Waals surface area (Å²) in [6.07, 6.45) is 6.34. The van der Waals surface area contributed by atoms with Crippen molar-refractivity contribution in [2.24, 2.45) is 35.5 Å². The van der Waals surface area contributed by atoms with Gasteiger partial charge in [0.25, 0.3) is 0 Å². The highest BCUT2D eigenvalue weighted by atomic mass is 31.2. The van der Waals surface area contributed by atoms with Gasteiger partial charge < -0.3 is 9.05 Å². The molecule has 2 aromatic carbocycles. The maximum Gasteiger partial charge on any atom is 0.352 e. The minimum atomic E-state index is -3.68. The van der Waals surface area contributed by atoms with E-state index in [0.717, 1.165) is 36.8 Å². The van der Waals surface area contributed by atoms with Gasteiger partial charge in [0, 0.05) is 6.04 Å². The Hall–Kier alpha value is -1.45. The lowest BCUT2D eigenvalue weighted by Crippen LogP contribution is -2.38. The normalized spacial score (nSPS) is 30.6. The van der Waals surface area contributed by atoms with Gasteiger partial charge in [0.2, 0.25) is 0 Å². The molecule has 0 bridgehead atoms. The highest BCUT2D eigenvalue weighted by Gasteiger charge is 2.47. The molecular weight excluding hydrogens is 513 g/mol. The molecule has 2 aromatic rings. The monoisotopic (exact) mass is 567 g/mol. The van der Waals surface area contributed by atoms with Gasteiger partial charge in [-0.3, -0.25) is 9.88 Å². The molecule has 0 aromatic heterocycles. The van der Waals surface area contributed by atoms with E-state index in [2.05, 4.69) is 90.2 Å². The first-order valence-corrected chi connectivity index (χ1v) is 17.5.